The molecule has 0 aromatic heterocycles. The fourth-order valence-corrected chi connectivity index (χ4v) is 5.53. The van der Waals surface area contributed by atoms with Crippen LogP contribution in [0, 0.1) is 0 Å². The molecule has 0 aliphatic heterocycles. The molecule has 0 unspecified atom stereocenters. The summed E-state index contributed by atoms with van der Waals surface area (Å²) in [4.78, 5) is 50.3. The summed E-state index contributed by atoms with van der Waals surface area (Å²) in [5.74, 6) is -3.50. The Hall–Kier alpha value is -2.96. The molecule has 48 heavy (non-hydrogen) atoms. The Balaban J connectivity index is 4.48. The van der Waals surface area contributed by atoms with Gasteiger partial charge in [0.15, 0.2) is 0 Å². The summed E-state index contributed by atoms with van der Waals surface area (Å²) >= 11 is 0. The zero-order chi connectivity index (χ0) is 35.5. The fourth-order valence-electron chi connectivity index (χ4n) is 5.53. The predicted molar refractivity (Wildman–Crippen MR) is 199 cm³/mol. The predicted octanol–water partition coefficient (Wildman–Crippen LogP) is 11.3. The normalized spacial score (nSPS) is 12.5. The van der Waals surface area contributed by atoms with E-state index in [0.29, 0.717) is 12.8 Å². The highest BCUT2D eigenvalue weighted by Crippen LogP contribution is 2.17. The first-order valence-corrected chi connectivity index (χ1v) is 19.2. The van der Waals surface area contributed by atoms with Gasteiger partial charge in [-0.1, -0.05) is 127 Å². The molecule has 0 aromatic carbocycles. The third-order valence-corrected chi connectivity index (χ3v) is 8.45. The number of imide groups is 1. The van der Waals surface area contributed by atoms with Crippen molar-refractivity contribution >= 4 is 23.8 Å². The highest BCUT2D eigenvalue weighted by atomic mass is 16.4. The second-order valence-electron chi connectivity index (χ2n) is 12.9. The van der Waals surface area contributed by atoms with Crippen molar-refractivity contribution in [2.24, 2.45) is 0 Å². The number of rotatable bonds is 33. The molecular formula is C41H69NO6. The number of carboxylic acids is 2. The molecule has 274 valence electrons. The Kier molecular flexibility index (Phi) is 31.8. The highest BCUT2D eigenvalue weighted by molar-refractivity contribution is 5.99. The van der Waals surface area contributed by atoms with Gasteiger partial charge in [0.2, 0.25) is 11.8 Å². The van der Waals surface area contributed by atoms with Crippen LogP contribution in [0.15, 0.2) is 48.6 Å². The van der Waals surface area contributed by atoms with E-state index in [1.807, 2.05) is 0 Å². The van der Waals surface area contributed by atoms with Gasteiger partial charge in [0.05, 0.1) is 0 Å². The Morgan fingerprint density at radius 1 is 0.479 bits per heavy atom. The van der Waals surface area contributed by atoms with E-state index >= 15 is 0 Å². The molecule has 0 saturated heterocycles. The number of hydrogen-bond donors (Lipinski definition) is 2. The third kappa shape index (κ3) is 28.1. The van der Waals surface area contributed by atoms with E-state index in [4.69, 9.17) is 5.11 Å². The molecule has 0 aliphatic rings. The molecule has 2 amide bonds. The maximum absolute atomic E-state index is 13.1. The largest absolute Gasteiger partial charge is 0.481 e. The van der Waals surface area contributed by atoms with E-state index in [0.717, 1.165) is 94.8 Å². The number of carbonyl (C=O) groups is 4. The van der Waals surface area contributed by atoms with Crippen LogP contribution in [0.5, 0.6) is 0 Å². The van der Waals surface area contributed by atoms with Crippen molar-refractivity contribution in [2.45, 2.75) is 187 Å². The van der Waals surface area contributed by atoms with E-state index in [9.17, 15) is 24.3 Å². The second kappa shape index (κ2) is 33.9. The first-order chi connectivity index (χ1) is 23.3. The maximum Gasteiger partial charge on any atom is 0.326 e. The van der Waals surface area contributed by atoms with Crippen molar-refractivity contribution in [2.75, 3.05) is 0 Å². The zero-order valence-corrected chi connectivity index (χ0v) is 30.6. The van der Waals surface area contributed by atoms with Crippen molar-refractivity contribution in [3.8, 4) is 0 Å². The summed E-state index contributed by atoms with van der Waals surface area (Å²) in [6.07, 6.45) is 40.3. The fraction of sp³-hybridized carbons (Fsp3) is 0.707. The molecule has 1 atom stereocenters. The summed E-state index contributed by atoms with van der Waals surface area (Å²) in [6, 6.07) is -1.45. The van der Waals surface area contributed by atoms with Gasteiger partial charge in [-0.3, -0.25) is 19.3 Å². The lowest BCUT2D eigenvalue weighted by atomic mass is 10.0. The van der Waals surface area contributed by atoms with Gasteiger partial charge in [-0.2, -0.15) is 0 Å². The van der Waals surface area contributed by atoms with Crippen molar-refractivity contribution in [1.82, 2.24) is 4.90 Å². The standard InChI is InChI=1S/C41H69NO6/c1-3-5-7-9-11-13-15-17-19-21-23-25-27-29-31-33-38(43)42(37(41(47)48)35-36-40(45)46)39(44)34-32-30-28-26-24-22-20-18-16-14-12-10-8-6-4-2/h11-14,17-20,37H,3-10,15-16,21-36H2,1-2H3,(H,45,46)(H,47,48)/b13-11-,14-12-,19-17-,20-18-/t37-/m0/s1. The van der Waals surface area contributed by atoms with Gasteiger partial charge >= 0.3 is 11.9 Å². The maximum atomic E-state index is 13.1. The first kappa shape index (κ1) is 45.0. The van der Waals surface area contributed by atoms with Crippen LogP contribution in [-0.4, -0.2) is 44.9 Å². The van der Waals surface area contributed by atoms with Crippen LogP contribution in [0.1, 0.15) is 181 Å². The van der Waals surface area contributed by atoms with E-state index in [-0.39, 0.29) is 19.3 Å². The molecular weight excluding hydrogens is 602 g/mol. The van der Waals surface area contributed by atoms with Gasteiger partial charge in [-0.25, -0.2) is 4.79 Å². The minimum absolute atomic E-state index is 0.0925. The van der Waals surface area contributed by atoms with E-state index in [2.05, 4.69) is 62.5 Å². The van der Waals surface area contributed by atoms with E-state index < -0.39 is 36.2 Å². The van der Waals surface area contributed by atoms with Crippen LogP contribution in [0.3, 0.4) is 0 Å². The molecule has 7 heteroatoms. The lowest BCUT2D eigenvalue weighted by Crippen LogP contribution is -2.48. The Labute approximate surface area is 293 Å². The number of amides is 2. The van der Waals surface area contributed by atoms with Gasteiger partial charge in [0.1, 0.15) is 6.04 Å². The smallest absolute Gasteiger partial charge is 0.326 e. The quantitative estimate of drug-likeness (QED) is 0.0530. The number of aliphatic carboxylic acids is 2. The number of carboxylic acid groups (broad SMARTS) is 2. The van der Waals surface area contributed by atoms with Gasteiger partial charge < -0.3 is 10.2 Å². The highest BCUT2D eigenvalue weighted by Gasteiger charge is 2.34. The molecule has 0 saturated carbocycles. The van der Waals surface area contributed by atoms with Crippen molar-refractivity contribution in [3.63, 3.8) is 0 Å². The average Bonchev–Trinajstić information content (AvgIpc) is 3.06. The van der Waals surface area contributed by atoms with Crippen LogP contribution in [0.25, 0.3) is 0 Å². The van der Waals surface area contributed by atoms with Crippen LogP contribution >= 0.6 is 0 Å². The number of unbranched alkanes of at least 4 members (excludes halogenated alkanes) is 16. The number of allylic oxidation sites excluding steroid dienone is 8. The molecule has 0 aromatic rings. The molecule has 2 N–H and O–H groups in total. The van der Waals surface area contributed by atoms with Crippen molar-refractivity contribution in [1.29, 1.82) is 0 Å². The minimum Gasteiger partial charge on any atom is -0.481 e. The molecule has 0 fully saturated rings. The lowest BCUT2D eigenvalue weighted by Gasteiger charge is -2.27. The summed E-state index contributed by atoms with van der Waals surface area (Å²) in [7, 11) is 0. The summed E-state index contributed by atoms with van der Waals surface area (Å²) in [5.41, 5.74) is 0. The Morgan fingerprint density at radius 2 is 0.833 bits per heavy atom. The van der Waals surface area contributed by atoms with Crippen LogP contribution in [-0.2, 0) is 19.2 Å². The Bertz CT molecular complexity index is 893. The molecule has 0 heterocycles. The minimum atomic E-state index is -1.45. The van der Waals surface area contributed by atoms with Crippen LogP contribution in [0.4, 0.5) is 0 Å². The third-order valence-electron chi connectivity index (χ3n) is 8.45. The monoisotopic (exact) mass is 672 g/mol. The van der Waals surface area contributed by atoms with Crippen molar-refractivity contribution < 1.29 is 29.4 Å². The average molecular weight is 672 g/mol. The first-order valence-electron chi connectivity index (χ1n) is 19.2. The van der Waals surface area contributed by atoms with Crippen LogP contribution < -0.4 is 0 Å². The molecule has 0 rings (SSSR count). The molecule has 0 radical (unpaired) electrons. The van der Waals surface area contributed by atoms with Gasteiger partial charge in [0.25, 0.3) is 0 Å². The summed E-state index contributed by atoms with van der Waals surface area (Å²) < 4.78 is 0. The molecule has 7 nitrogen and oxygen atoms in total. The second-order valence-corrected chi connectivity index (χ2v) is 12.9. The van der Waals surface area contributed by atoms with Crippen LogP contribution in [0.2, 0.25) is 0 Å². The molecule has 0 bridgehead atoms. The molecule has 0 spiro atoms. The van der Waals surface area contributed by atoms with Crippen molar-refractivity contribution in [3.05, 3.63) is 48.6 Å². The van der Waals surface area contributed by atoms with Gasteiger partial charge in [-0.05, 0) is 83.5 Å². The number of nitrogens with zero attached hydrogens (tertiary/aromatic N) is 1. The number of carbonyl (C=O) groups excluding carboxylic acids is 2. The Morgan fingerprint density at radius 3 is 1.19 bits per heavy atom. The van der Waals surface area contributed by atoms with E-state index in [1.54, 1.807) is 0 Å². The zero-order valence-electron chi connectivity index (χ0n) is 30.6. The van der Waals surface area contributed by atoms with E-state index in [1.165, 1.54) is 38.5 Å². The van der Waals surface area contributed by atoms with Gasteiger partial charge in [-0.15, -0.1) is 0 Å². The number of hydrogen-bond acceptors (Lipinski definition) is 4. The molecule has 0 aliphatic carbocycles. The van der Waals surface area contributed by atoms with Gasteiger partial charge in [0, 0.05) is 19.3 Å². The lowest BCUT2D eigenvalue weighted by molar-refractivity contribution is -0.159. The SMILES string of the molecule is CCCCC/C=C\C/C=C\CCCCCCCC(=O)N(C(=O)CCCCCCC/C=C\C/C=C\CCCCC)[C@@H](CCC(=O)O)C(=O)O. The summed E-state index contributed by atoms with van der Waals surface area (Å²) in [6.45, 7) is 4.43. The topological polar surface area (TPSA) is 112 Å². The summed E-state index contributed by atoms with van der Waals surface area (Å²) in [5, 5.41) is 18.9.